The Hall–Kier alpha value is -6.48. The average molecular weight is 720 g/mol. The molecule has 0 amide bonds. The molecule has 0 saturated heterocycles. The number of hydrogen-bond donors (Lipinski definition) is 0. The zero-order chi connectivity index (χ0) is 36.7. The lowest BCUT2D eigenvalue weighted by Gasteiger charge is -2.28. The molecule has 0 bridgehead atoms. The number of thiophene rings is 1. The van der Waals surface area contributed by atoms with E-state index >= 15 is 0 Å². The maximum absolute atomic E-state index is 2.47. The van der Waals surface area contributed by atoms with Crippen LogP contribution in [-0.2, 0) is 5.41 Å². The molecule has 260 valence electrons. The number of benzene rings is 9. The summed E-state index contributed by atoms with van der Waals surface area (Å²) < 4.78 is 2.61. The van der Waals surface area contributed by atoms with Crippen LogP contribution in [0.4, 0.5) is 17.1 Å². The summed E-state index contributed by atoms with van der Waals surface area (Å²) in [6.45, 7) is 4.73. The summed E-state index contributed by atoms with van der Waals surface area (Å²) in [5, 5.41) is 7.64. The van der Waals surface area contributed by atoms with Crippen LogP contribution in [0.15, 0.2) is 188 Å². The van der Waals surface area contributed by atoms with E-state index < -0.39 is 0 Å². The minimum absolute atomic E-state index is 0.0983. The summed E-state index contributed by atoms with van der Waals surface area (Å²) in [6.07, 6.45) is 0. The molecule has 0 aliphatic heterocycles. The molecule has 1 nitrogen and oxygen atoms in total. The molecule has 10 aromatic rings. The molecule has 55 heavy (non-hydrogen) atoms. The Kier molecular flexibility index (Phi) is 7.14. The van der Waals surface area contributed by atoms with E-state index in [-0.39, 0.29) is 5.41 Å². The molecule has 1 aliphatic rings. The van der Waals surface area contributed by atoms with Crippen molar-refractivity contribution in [3.8, 4) is 33.4 Å². The van der Waals surface area contributed by atoms with E-state index in [0.717, 1.165) is 5.69 Å². The van der Waals surface area contributed by atoms with Crippen molar-refractivity contribution in [2.24, 2.45) is 0 Å². The topological polar surface area (TPSA) is 3.24 Å². The Morgan fingerprint density at radius 1 is 0.400 bits per heavy atom. The van der Waals surface area contributed by atoms with Gasteiger partial charge in [-0.25, -0.2) is 0 Å². The lowest BCUT2D eigenvalue weighted by Crippen LogP contribution is -2.16. The number of fused-ring (bicyclic) bond motifs is 8. The van der Waals surface area contributed by atoms with Crippen molar-refractivity contribution >= 4 is 70.1 Å². The highest BCUT2D eigenvalue weighted by Crippen LogP contribution is 2.52. The van der Waals surface area contributed by atoms with Gasteiger partial charge in [-0.1, -0.05) is 153 Å². The van der Waals surface area contributed by atoms with Crippen molar-refractivity contribution in [3.05, 3.63) is 199 Å². The maximum atomic E-state index is 2.47. The summed E-state index contributed by atoms with van der Waals surface area (Å²) >= 11 is 1.88. The number of rotatable bonds is 5. The van der Waals surface area contributed by atoms with Crippen LogP contribution in [0.1, 0.15) is 25.0 Å². The van der Waals surface area contributed by atoms with Gasteiger partial charge in [0.15, 0.2) is 0 Å². The molecular weight excluding hydrogens is 683 g/mol. The minimum atomic E-state index is -0.0983. The Morgan fingerprint density at radius 2 is 1.02 bits per heavy atom. The second kappa shape index (κ2) is 12.3. The zero-order valence-corrected chi connectivity index (χ0v) is 31.6. The zero-order valence-electron chi connectivity index (χ0n) is 30.8. The molecule has 1 heterocycles. The standard InChI is InChI=1S/C53H37NS/c1-53(2)48-22-9-7-18-43(48)44-30-29-39(33-49(44)53)54(50-23-12-21-46-45-19-8-10-24-51(45)55-52(46)50)38-27-25-34(26-28-38)37-31-36-14-4-6-17-41(36)47(32-37)42-20-11-15-35-13-3-5-16-40(35)42/h3-33H,1-2H3. The first-order chi connectivity index (χ1) is 27.0. The third kappa shape index (κ3) is 4.99. The van der Waals surface area contributed by atoms with Gasteiger partial charge in [0.1, 0.15) is 0 Å². The summed E-state index contributed by atoms with van der Waals surface area (Å²) in [5.74, 6) is 0. The minimum Gasteiger partial charge on any atom is -0.309 e. The van der Waals surface area contributed by atoms with E-state index in [0.29, 0.717) is 0 Å². The van der Waals surface area contributed by atoms with E-state index in [1.807, 2.05) is 11.3 Å². The summed E-state index contributed by atoms with van der Waals surface area (Å²) in [7, 11) is 0. The molecular formula is C53H37NS. The van der Waals surface area contributed by atoms with Crippen molar-refractivity contribution in [1.29, 1.82) is 0 Å². The fourth-order valence-electron chi connectivity index (χ4n) is 9.13. The molecule has 9 aromatic carbocycles. The number of hydrogen-bond acceptors (Lipinski definition) is 2. The third-order valence-corrected chi connectivity index (χ3v) is 13.1. The Morgan fingerprint density at radius 3 is 1.87 bits per heavy atom. The van der Waals surface area contributed by atoms with E-state index in [1.165, 1.54) is 97.6 Å². The Labute approximate surface area is 325 Å². The van der Waals surface area contributed by atoms with Gasteiger partial charge in [-0.2, -0.15) is 0 Å². The largest absolute Gasteiger partial charge is 0.309 e. The SMILES string of the molecule is CC1(C)c2ccccc2-c2ccc(N(c3ccc(-c4cc(-c5cccc6ccccc56)c5ccccc5c4)cc3)c3cccc4c3sc3ccccc34)cc21. The summed E-state index contributed by atoms with van der Waals surface area (Å²) in [5.41, 5.74) is 13.8. The number of nitrogens with zero attached hydrogens (tertiary/aromatic N) is 1. The van der Waals surface area contributed by atoms with Crippen LogP contribution in [0, 0.1) is 0 Å². The van der Waals surface area contributed by atoms with Crippen LogP contribution in [0.3, 0.4) is 0 Å². The fraction of sp³-hybridized carbons (Fsp3) is 0.0566. The molecule has 0 atom stereocenters. The van der Waals surface area contributed by atoms with Crippen LogP contribution in [0.5, 0.6) is 0 Å². The van der Waals surface area contributed by atoms with Gasteiger partial charge in [0.2, 0.25) is 0 Å². The highest BCUT2D eigenvalue weighted by molar-refractivity contribution is 7.26. The molecule has 1 aliphatic carbocycles. The van der Waals surface area contributed by atoms with Crippen LogP contribution >= 0.6 is 11.3 Å². The predicted octanol–water partition coefficient (Wildman–Crippen LogP) is 15.5. The van der Waals surface area contributed by atoms with Gasteiger partial charge < -0.3 is 4.90 Å². The quantitative estimate of drug-likeness (QED) is 0.171. The lowest BCUT2D eigenvalue weighted by atomic mass is 9.82. The Bertz CT molecular complexity index is 3120. The van der Waals surface area contributed by atoms with Crippen molar-refractivity contribution < 1.29 is 0 Å². The van der Waals surface area contributed by atoms with Gasteiger partial charge >= 0.3 is 0 Å². The van der Waals surface area contributed by atoms with Gasteiger partial charge in [0, 0.05) is 32.3 Å². The van der Waals surface area contributed by atoms with Crippen molar-refractivity contribution in [3.63, 3.8) is 0 Å². The first-order valence-electron chi connectivity index (χ1n) is 19.1. The summed E-state index contributed by atoms with van der Waals surface area (Å²) in [4.78, 5) is 2.47. The van der Waals surface area contributed by atoms with Crippen molar-refractivity contribution in [2.45, 2.75) is 19.3 Å². The predicted molar refractivity (Wildman–Crippen MR) is 237 cm³/mol. The first kappa shape index (κ1) is 32.0. The lowest BCUT2D eigenvalue weighted by molar-refractivity contribution is 0.660. The molecule has 0 N–H and O–H groups in total. The average Bonchev–Trinajstić information content (AvgIpc) is 3.73. The summed E-state index contributed by atoms with van der Waals surface area (Å²) in [6, 6.07) is 69.7. The molecule has 11 rings (SSSR count). The van der Waals surface area contributed by atoms with E-state index in [4.69, 9.17) is 0 Å². The van der Waals surface area contributed by atoms with Crippen LogP contribution < -0.4 is 4.90 Å². The highest BCUT2D eigenvalue weighted by Gasteiger charge is 2.36. The van der Waals surface area contributed by atoms with Crippen LogP contribution in [-0.4, -0.2) is 0 Å². The first-order valence-corrected chi connectivity index (χ1v) is 19.9. The maximum Gasteiger partial charge on any atom is 0.0640 e. The number of anilines is 3. The van der Waals surface area contributed by atoms with Gasteiger partial charge in [-0.05, 0) is 115 Å². The van der Waals surface area contributed by atoms with Gasteiger partial charge in [0.25, 0.3) is 0 Å². The Balaban J connectivity index is 1.08. The second-order valence-corrected chi connectivity index (χ2v) is 16.4. The van der Waals surface area contributed by atoms with Crippen molar-refractivity contribution in [2.75, 3.05) is 4.90 Å². The third-order valence-electron chi connectivity index (χ3n) is 11.9. The molecule has 1 aromatic heterocycles. The van der Waals surface area contributed by atoms with Gasteiger partial charge in [-0.3, -0.25) is 0 Å². The van der Waals surface area contributed by atoms with Crippen LogP contribution in [0.25, 0.3) is 75.1 Å². The monoisotopic (exact) mass is 719 g/mol. The van der Waals surface area contributed by atoms with Gasteiger partial charge in [-0.15, -0.1) is 11.3 Å². The molecule has 0 fully saturated rings. The smallest absolute Gasteiger partial charge is 0.0640 e. The molecule has 0 unspecified atom stereocenters. The van der Waals surface area contributed by atoms with E-state index in [1.54, 1.807) is 0 Å². The van der Waals surface area contributed by atoms with E-state index in [2.05, 4.69) is 207 Å². The fourth-order valence-corrected chi connectivity index (χ4v) is 10.3. The molecule has 0 radical (unpaired) electrons. The molecule has 2 heteroatoms. The highest BCUT2D eigenvalue weighted by atomic mass is 32.1. The second-order valence-electron chi connectivity index (χ2n) is 15.3. The van der Waals surface area contributed by atoms with Crippen molar-refractivity contribution in [1.82, 2.24) is 0 Å². The van der Waals surface area contributed by atoms with Gasteiger partial charge in [0.05, 0.1) is 10.4 Å². The normalized spacial score (nSPS) is 13.1. The molecule has 0 saturated carbocycles. The van der Waals surface area contributed by atoms with Crippen LogP contribution in [0.2, 0.25) is 0 Å². The van der Waals surface area contributed by atoms with E-state index in [9.17, 15) is 0 Å². The molecule has 0 spiro atoms.